The lowest BCUT2D eigenvalue weighted by Gasteiger charge is -2.04. The summed E-state index contributed by atoms with van der Waals surface area (Å²) in [6.45, 7) is 0.432. The van der Waals surface area contributed by atoms with Crippen LogP contribution in [0.25, 0.3) is 11.0 Å². The predicted molar refractivity (Wildman–Crippen MR) is 89.8 cm³/mol. The van der Waals surface area contributed by atoms with E-state index in [-0.39, 0.29) is 17.5 Å². The average Bonchev–Trinajstić information content (AvgIpc) is 2.97. The molecular weight excluding hydrogens is 351 g/mol. The maximum absolute atomic E-state index is 13.2. The maximum Gasteiger partial charge on any atom is 0.230 e. The minimum Gasteiger partial charge on any atom is -0.355 e. The molecule has 0 fully saturated rings. The van der Waals surface area contributed by atoms with Crippen LogP contribution >= 0.6 is 11.8 Å². The van der Waals surface area contributed by atoms with Crippen LogP contribution in [0.2, 0.25) is 0 Å². The van der Waals surface area contributed by atoms with Gasteiger partial charge in [0.25, 0.3) is 0 Å². The van der Waals surface area contributed by atoms with E-state index in [4.69, 9.17) is 0 Å². The van der Waals surface area contributed by atoms with Gasteiger partial charge in [0.2, 0.25) is 5.91 Å². The molecule has 0 aliphatic heterocycles. The van der Waals surface area contributed by atoms with Gasteiger partial charge in [-0.05, 0) is 24.1 Å². The van der Waals surface area contributed by atoms with Gasteiger partial charge < -0.3 is 10.3 Å². The van der Waals surface area contributed by atoms with E-state index < -0.39 is 11.6 Å². The number of hydrogen-bond donors (Lipinski definition) is 2. The molecule has 25 heavy (non-hydrogen) atoms. The molecule has 2 aromatic carbocycles. The highest BCUT2D eigenvalue weighted by molar-refractivity contribution is 7.99. The third-order valence-corrected chi connectivity index (χ3v) is 4.36. The summed E-state index contributed by atoms with van der Waals surface area (Å²) >= 11 is 1.14. The van der Waals surface area contributed by atoms with Crippen molar-refractivity contribution in [3.8, 4) is 0 Å². The average molecular weight is 365 g/mol. The first-order valence-corrected chi connectivity index (χ1v) is 8.48. The Morgan fingerprint density at radius 3 is 2.60 bits per heavy atom. The molecule has 8 heteroatoms. The summed E-state index contributed by atoms with van der Waals surface area (Å²) in [7, 11) is 0. The third kappa shape index (κ3) is 4.54. The Morgan fingerprint density at radius 1 is 1.12 bits per heavy atom. The lowest BCUT2D eigenvalue weighted by Crippen LogP contribution is -2.27. The minimum atomic E-state index is -0.964. The van der Waals surface area contributed by atoms with Crippen LogP contribution in [0.4, 0.5) is 13.2 Å². The second kappa shape index (κ2) is 7.60. The standard InChI is InChI=1S/C17H14F3N3OS/c18-11-3-1-10(2-4-11)5-6-21-16(24)9-25-17-22-14-7-12(19)13(20)8-15(14)23-17/h1-4,7-8H,5-6,9H2,(H,21,24)(H,22,23). The molecule has 2 N–H and O–H groups in total. The number of thioether (sulfide) groups is 1. The number of aromatic nitrogens is 2. The Morgan fingerprint density at radius 2 is 1.84 bits per heavy atom. The second-order valence-corrected chi connectivity index (χ2v) is 6.30. The molecule has 1 amide bonds. The van der Waals surface area contributed by atoms with Crippen molar-refractivity contribution in [2.24, 2.45) is 0 Å². The second-order valence-electron chi connectivity index (χ2n) is 5.34. The lowest BCUT2D eigenvalue weighted by molar-refractivity contribution is -0.118. The first kappa shape index (κ1) is 17.3. The number of carbonyl (C=O) groups excluding carboxylic acids is 1. The van der Waals surface area contributed by atoms with E-state index in [0.717, 1.165) is 29.5 Å². The number of halogens is 3. The van der Waals surface area contributed by atoms with Crippen molar-refractivity contribution in [3.63, 3.8) is 0 Å². The first-order chi connectivity index (χ1) is 12.0. The fraction of sp³-hybridized carbons (Fsp3) is 0.176. The van der Waals surface area contributed by atoms with Gasteiger partial charge in [-0.1, -0.05) is 23.9 Å². The number of H-pyrrole nitrogens is 1. The zero-order chi connectivity index (χ0) is 17.8. The zero-order valence-corrected chi connectivity index (χ0v) is 13.8. The molecule has 3 rings (SSSR count). The smallest absolute Gasteiger partial charge is 0.230 e. The van der Waals surface area contributed by atoms with Gasteiger partial charge in [-0.3, -0.25) is 4.79 Å². The lowest BCUT2D eigenvalue weighted by atomic mass is 10.1. The number of aromatic amines is 1. The quantitative estimate of drug-likeness (QED) is 0.658. The van der Waals surface area contributed by atoms with Crippen LogP contribution in [0.1, 0.15) is 5.56 Å². The minimum absolute atomic E-state index is 0.119. The van der Waals surface area contributed by atoms with Crippen molar-refractivity contribution in [1.29, 1.82) is 0 Å². The molecule has 4 nitrogen and oxygen atoms in total. The molecule has 0 aliphatic carbocycles. The van der Waals surface area contributed by atoms with Crippen LogP contribution in [0.15, 0.2) is 41.6 Å². The number of hydrogen-bond acceptors (Lipinski definition) is 3. The number of rotatable bonds is 6. The van der Waals surface area contributed by atoms with Crippen LogP contribution in [0, 0.1) is 17.5 Å². The normalized spacial score (nSPS) is 11.0. The van der Waals surface area contributed by atoms with Crippen molar-refractivity contribution in [2.75, 3.05) is 12.3 Å². The molecule has 3 aromatic rings. The Hall–Kier alpha value is -2.48. The highest BCUT2D eigenvalue weighted by Gasteiger charge is 2.10. The summed E-state index contributed by atoms with van der Waals surface area (Å²) in [6.07, 6.45) is 0.597. The Labute approximate surface area is 145 Å². The fourth-order valence-corrected chi connectivity index (χ4v) is 2.95. The van der Waals surface area contributed by atoms with Crippen LogP contribution in [0.5, 0.6) is 0 Å². The van der Waals surface area contributed by atoms with Gasteiger partial charge in [0.15, 0.2) is 16.8 Å². The number of amides is 1. The van der Waals surface area contributed by atoms with Gasteiger partial charge in [0.05, 0.1) is 16.8 Å². The van der Waals surface area contributed by atoms with E-state index in [9.17, 15) is 18.0 Å². The summed E-state index contributed by atoms with van der Waals surface area (Å²) < 4.78 is 39.1. The van der Waals surface area contributed by atoms with E-state index in [1.54, 1.807) is 12.1 Å². The number of fused-ring (bicyclic) bond motifs is 1. The van der Waals surface area contributed by atoms with Crippen LogP contribution in [0.3, 0.4) is 0 Å². The number of benzene rings is 2. The van der Waals surface area contributed by atoms with Gasteiger partial charge in [-0.2, -0.15) is 0 Å². The molecule has 0 spiro atoms. The summed E-state index contributed by atoms with van der Waals surface area (Å²) in [5.41, 5.74) is 1.60. The summed E-state index contributed by atoms with van der Waals surface area (Å²) in [5.74, 6) is -2.28. The van der Waals surface area contributed by atoms with Crippen molar-refractivity contribution >= 4 is 28.7 Å². The number of carbonyl (C=O) groups is 1. The fourth-order valence-electron chi connectivity index (χ4n) is 2.23. The monoisotopic (exact) mass is 365 g/mol. The van der Waals surface area contributed by atoms with Gasteiger partial charge >= 0.3 is 0 Å². The third-order valence-electron chi connectivity index (χ3n) is 3.49. The Balaban J connectivity index is 1.48. The Bertz CT molecular complexity index is 857. The largest absolute Gasteiger partial charge is 0.355 e. The van der Waals surface area contributed by atoms with Crippen LogP contribution in [-0.4, -0.2) is 28.2 Å². The van der Waals surface area contributed by atoms with Crippen molar-refractivity contribution in [1.82, 2.24) is 15.3 Å². The molecule has 0 atom stereocenters. The van der Waals surface area contributed by atoms with Gasteiger partial charge in [-0.15, -0.1) is 0 Å². The summed E-state index contributed by atoms with van der Waals surface area (Å²) in [4.78, 5) is 18.8. The molecule has 0 radical (unpaired) electrons. The van der Waals surface area contributed by atoms with Crippen molar-refractivity contribution in [2.45, 2.75) is 11.6 Å². The first-order valence-electron chi connectivity index (χ1n) is 7.50. The number of nitrogens with one attached hydrogen (secondary N) is 2. The highest BCUT2D eigenvalue weighted by Crippen LogP contribution is 2.21. The van der Waals surface area contributed by atoms with E-state index in [2.05, 4.69) is 15.3 Å². The van der Waals surface area contributed by atoms with Gasteiger partial charge in [0, 0.05) is 18.7 Å². The molecule has 1 heterocycles. The molecular formula is C17H14F3N3OS. The van der Waals surface area contributed by atoms with E-state index in [1.807, 2.05) is 0 Å². The number of nitrogens with zero attached hydrogens (tertiary/aromatic N) is 1. The van der Waals surface area contributed by atoms with Crippen LogP contribution < -0.4 is 5.32 Å². The Kier molecular flexibility index (Phi) is 5.28. The zero-order valence-electron chi connectivity index (χ0n) is 13.0. The molecule has 0 unspecified atom stereocenters. The number of imidazole rings is 1. The van der Waals surface area contributed by atoms with E-state index in [0.29, 0.717) is 29.2 Å². The topological polar surface area (TPSA) is 57.8 Å². The highest BCUT2D eigenvalue weighted by atomic mass is 32.2. The van der Waals surface area contributed by atoms with Crippen LogP contribution in [-0.2, 0) is 11.2 Å². The molecule has 0 aliphatic rings. The molecule has 0 saturated heterocycles. The SMILES string of the molecule is O=C(CSc1nc2cc(F)c(F)cc2[nH]1)NCCc1ccc(F)cc1. The molecule has 130 valence electrons. The van der Waals surface area contributed by atoms with Crippen molar-refractivity contribution in [3.05, 3.63) is 59.4 Å². The van der Waals surface area contributed by atoms with E-state index >= 15 is 0 Å². The molecule has 0 bridgehead atoms. The molecule has 0 saturated carbocycles. The van der Waals surface area contributed by atoms with Crippen molar-refractivity contribution < 1.29 is 18.0 Å². The van der Waals surface area contributed by atoms with Gasteiger partial charge in [-0.25, -0.2) is 18.2 Å². The summed E-state index contributed by atoms with van der Waals surface area (Å²) in [6, 6.07) is 8.13. The predicted octanol–water partition coefficient (Wildman–Crippen LogP) is 3.43. The van der Waals surface area contributed by atoms with Gasteiger partial charge in [0.1, 0.15) is 5.82 Å². The molecule has 1 aromatic heterocycles. The van der Waals surface area contributed by atoms with E-state index in [1.165, 1.54) is 12.1 Å². The summed E-state index contributed by atoms with van der Waals surface area (Å²) in [5, 5.41) is 3.16. The maximum atomic E-state index is 13.2.